The highest BCUT2D eigenvalue weighted by Crippen LogP contribution is 2.38. The van der Waals surface area contributed by atoms with Crippen LogP contribution in [0, 0.1) is 0 Å². The van der Waals surface area contributed by atoms with E-state index in [4.69, 9.17) is 9.05 Å². The Morgan fingerprint density at radius 2 is 0.894 bits per heavy atom. The molecule has 9 heteroatoms. The quantitative estimate of drug-likeness (QED) is 0.0272. The zero-order valence-electron chi connectivity index (χ0n) is 44.1. The van der Waals surface area contributed by atoms with Crippen molar-refractivity contribution >= 4 is 13.7 Å². The number of nitrogens with one attached hydrogen (secondary N) is 1. The molecule has 0 aliphatic heterocycles. The summed E-state index contributed by atoms with van der Waals surface area (Å²) in [7, 11) is 1.23. The molecule has 0 aliphatic carbocycles. The summed E-state index contributed by atoms with van der Waals surface area (Å²) in [5.41, 5.74) is 0. The maximum atomic E-state index is 12.9. The van der Waals surface area contributed by atoms with Crippen LogP contribution in [0.5, 0.6) is 0 Å². The molecule has 388 valence electrons. The second-order valence-corrected chi connectivity index (χ2v) is 21.7. The molecule has 0 radical (unpaired) electrons. The second-order valence-electron chi connectivity index (χ2n) is 20.3. The first-order valence-corrected chi connectivity index (χ1v) is 29.5. The summed E-state index contributed by atoms with van der Waals surface area (Å²) in [6.07, 6.45) is 63.4. The minimum atomic E-state index is -4.61. The molecule has 66 heavy (non-hydrogen) atoms. The van der Waals surface area contributed by atoms with E-state index in [9.17, 15) is 19.4 Å². The molecule has 0 aliphatic rings. The molecular formula is C57H109N2O6P. The van der Waals surface area contributed by atoms with Gasteiger partial charge < -0.3 is 28.8 Å². The third-order valence-corrected chi connectivity index (χ3v) is 13.5. The summed E-state index contributed by atoms with van der Waals surface area (Å²) in [6, 6.07) is -0.912. The highest BCUT2D eigenvalue weighted by atomic mass is 31.2. The third kappa shape index (κ3) is 50.3. The number of unbranched alkanes of at least 4 members (excludes halogenated alkanes) is 32. The third-order valence-electron chi connectivity index (χ3n) is 12.5. The molecule has 0 fully saturated rings. The van der Waals surface area contributed by atoms with Crippen LogP contribution in [0.4, 0.5) is 0 Å². The minimum absolute atomic E-state index is 0.0102. The number of amides is 1. The number of carbonyl (C=O) groups is 1. The van der Waals surface area contributed by atoms with Gasteiger partial charge in [0.05, 0.1) is 39.9 Å². The number of hydrogen-bond donors (Lipinski definition) is 2. The predicted octanol–water partition coefficient (Wildman–Crippen LogP) is 16.1. The van der Waals surface area contributed by atoms with Crippen LogP contribution in [0.3, 0.4) is 0 Å². The van der Waals surface area contributed by atoms with Crippen LogP contribution in [0.1, 0.15) is 258 Å². The van der Waals surface area contributed by atoms with Gasteiger partial charge in [0.1, 0.15) is 13.2 Å². The number of aliphatic hydroxyl groups is 1. The highest BCUT2D eigenvalue weighted by molar-refractivity contribution is 7.45. The van der Waals surface area contributed by atoms with E-state index in [1.807, 2.05) is 27.2 Å². The van der Waals surface area contributed by atoms with Gasteiger partial charge in [0, 0.05) is 6.42 Å². The molecule has 3 atom stereocenters. The molecule has 2 N–H and O–H groups in total. The number of carbonyl (C=O) groups excluding carboxylic acids is 1. The lowest BCUT2D eigenvalue weighted by molar-refractivity contribution is -0.870. The van der Waals surface area contributed by atoms with Gasteiger partial charge in [0.15, 0.2) is 0 Å². The standard InChI is InChI=1S/C57H109N2O6P/c1-6-8-10-12-14-16-18-20-22-23-24-25-26-27-28-29-30-31-32-33-34-35-37-38-40-42-44-46-48-50-56(60)55(54-65-66(62,63)64-53-52-59(3,4)5)58-57(61)51-49-47-45-43-41-39-36-21-19-17-15-13-11-9-7-2/h15,17,21,36,40,42,48,50,55-56,60H,6-14,16,18-20,22-35,37-39,41,43-47,49,51-54H2,1-5H3,(H-,58,61,62,63)/b17-15-,36-21-,42-40+,50-48+. The number of likely N-dealkylation sites (N-methyl/N-ethyl adjacent to an activating group) is 1. The summed E-state index contributed by atoms with van der Waals surface area (Å²) in [4.78, 5) is 25.4. The number of hydrogen-bond acceptors (Lipinski definition) is 6. The van der Waals surface area contributed by atoms with Gasteiger partial charge in [-0.15, -0.1) is 0 Å². The van der Waals surface area contributed by atoms with Crippen molar-refractivity contribution in [2.24, 2.45) is 0 Å². The summed E-state index contributed by atoms with van der Waals surface area (Å²) < 4.78 is 23.3. The topological polar surface area (TPSA) is 108 Å². The van der Waals surface area contributed by atoms with Crippen molar-refractivity contribution in [2.45, 2.75) is 270 Å². The molecule has 0 heterocycles. The fraction of sp³-hybridized carbons (Fsp3) is 0.842. The maximum Gasteiger partial charge on any atom is 0.268 e. The van der Waals surface area contributed by atoms with Crippen LogP contribution >= 0.6 is 7.82 Å². The molecule has 0 saturated heterocycles. The van der Waals surface area contributed by atoms with Crippen LogP contribution in [0.2, 0.25) is 0 Å². The number of rotatable bonds is 51. The number of nitrogens with zero attached hydrogens (tertiary/aromatic N) is 1. The second kappa shape index (κ2) is 48.5. The Bertz CT molecular complexity index is 1210. The molecule has 0 saturated carbocycles. The zero-order valence-corrected chi connectivity index (χ0v) is 45.0. The Morgan fingerprint density at radius 1 is 0.530 bits per heavy atom. The summed E-state index contributed by atoms with van der Waals surface area (Å²) >= 11 is 0. The monoisotopic (exact) mass is 949 g/mol. The Labute approximate surface area is 409 Å². The number of phosphoric ester groups is 1. The van der Waals surface area contributed by atoms with E-state index in [-0.39, 0.29) is 12.5 Å². The Kier molecular flexibility index (Phi) is 47.4. The van der Waals surface area contributed by atoms with Gasteiger partial charge >= 0.3 is 0 Å². The van der Waals surface area contributed by atoms with Gasteiger partial charge in [-0.25, -0.2) is 0 Å². The van der Waals surface area contributed by atoms with E-state index in [1.165, 1.54) is 173 Å². The largest absolute Gasteiger partial charge is 0.756 e. The van der Waals surface area contributed by atoms with Gasteiger partial charge in [-0.3, -0.25) is 9.36 Å². The lowest BCUT2D eigenvalue weighted by atomic mass is 10.0. The Hall–Kier alpha value is -1.54. The fourth-order valence-electron chi connectivity index (χ4n) is 8.08. The van der Waals surface area contributed by atoms with Crippen molar-refractivity contribution in [2.75, 3.05) is 40.9 Å². The minimum Gasteiger partial charge on any atom is -0.756 e. The van der Waals surface area contributed by atoms with Crippen molar-refractivity contribution in [3.63, 3.8) is 0 Å². The van der Waals surface area contributed by atoms with Crippen molar-refractivity contribution < 1.29 is 32.9 Å². The Morgan fingerprint density at radius 3 is 1.35 bits per heavy atom. The Balaban J connectivity index is 4.21. The van der Waals surface area contributed by atoms with Gasteiger partial charge in [-0.2, -0.15) is 0 Å². The molecule has 0 spiro atoms. The maximum absolute atomic E-state index is 12.9. The van der Waals surface area contributed by atoms with Gasteiger partial charge in [0.25, 0.3) is 7.82 Å². The number of aliphatic hydroxyl groups excluding tert-OH is 1. The van der Waals surface area contributed by atoms with Crippen LogP contribution in [-0.4, -0.2) is 68.5 Å². The van der Waals surface area contributed by atoms with Crippen molar-refractivity contribution in [1.82, 2.24) is 5.32 Å². The van der Waals surface area contributed by atoms with Crippen molar-refractivity contribution in [3.05, 3.63) is 48.6 Å². The summed E-state index contributed by atoms with van der Waals surface area (Å²) in [5.74, 6) is -0.220. The highest BCUT2D eigenvalue weighted by Gasteiger charge is 2.23. The SMILES string of the molecule is CCCCC/C=C\C/C=C\CCCCCCCC(=O)NC(COP(=O)([O-])OCC[N+](C)(C)C)C(O)/C=C/CC/C=C/CCCCCCCCCCCCCCCCCCCCCCCCC. The molecule has 0 bridgehead atoms. The first kappa shape index (κ1) is 64.5. The average molecular weight is 949 g/mol. The van der Waals surface area contributed by atoms with E-state index in [0.29, 0.717) is 17.4 Å². The van der Waals surface area contributed by atoms with Crippen LogP contribution in [-0.2, 0) is 18.4 Å². The molecule has 0 aromatic rings. The van der Waals surface area contributed by atoms with Gasteiger partial charge in [-0.05, 0) is 64.2 Å². The fourth-order valence-corrected chi connectivity index (χ4v) is 8.81. The van der Waals surface area contributed by atoms with Crippen LogP contribution < -0.4 is 10.2 Å². The first-order valence-electron chi connectivity index (χ1n) is 28.0. The van der Waals surface area contributed by atoms with Crippen LogP contribution in [0.25, 0.3) is 0 Å². The van der Waals surface area contributed by atoms with Crippen LogP contribution in [0.15, 0.2) is 48.6 Å². The van der Waals surface area contributed by atoms with Gasteiger partial charge in [-0.1, -0.05) is 236 Å². The summed E-state index contributed by atoms with van der Waals surface area (Å²) in [6.45, 7) is 4.61. The predicted molar refractivity (Wildman–Crippen MR) is 284 cm³/mol. The number of allylic oxidation sites excluding steroid dienone is 7. The lowest BCUT2D eigenvalue weighted by Gasteiger charge is -2.29. The molecular weight excluding hydrogens is 840 g/mol. The van der Waals surface area contributed by atoms with E-state index < -0.39 is 26.6 Å². The molecule has 8 nitrogen and oxygen atoms in total. The molecule has 0 aromatic carbocycles. The zero-order chi connectivity index (χ0) is 48.5. The smallest absolute Gasteiger partial charge is 0.268 e. The van der Waals surface area contributed by atoms with Crippen molar-refractivity contribution in [1.29, 1.82) is 0 Å². The first-order chi connectivity index (χ1) is 32.0. The van der Waals surface area contributed by atoms with E-state index >= 15 is 0 Å². The lowest BCUT2D eigenvalue weighted by Crippen LogP contribution is -2.45. The van der Waals surface area contributed by atoms with E-state index in [0.717, 1.165) is 64.2 Å². The van der Waals surface area contributed by atoms with Crippen molar-refractivity contribution in [3.8, 4) is 0 Å². The van der Waals surface area contributed by atoms with E-state index in [2.05, 4.69) is 55.6 Å². The number of quaternary nitrogens is 1. The molecule has 0 aromatic heterocycles. The van der Waals surface area contributed by atoms with E-state index in [1.54, 1.807) is 6.08 Å². The average Bonchev–Trinajstić information content (AvgIpc) is 3.28. The number of phosphoric acid groups is 1. The normalized spacial score (nSPS) is 14.3. The summed E-state index contributed by atoms with van der Waals surface area (Å²) in [5, 5.41) is 13.8. The molecule has 0 rings (SSSR count). The molecule has 3 unspecified atom stereocenters. The van der Waals surface area contributed by atoms with Gasteiger partial charge in [0.2, 0.25) is 5.91 Å². The molecule has 1 amide bonds.